The zero-order valence-electron chi connectivity index (χ0n) is 7.47. The highest BCUT2D eigenvalue weighted by molar-refractivity contribution is 5.21. The molecule has 8 heteroatoms. The van der Waals surface area contributed by atoms with Crippen LogP contribution in [-0.4, -0.2) is 27.9 Å². The Hall–Kier alpha value is -1.86. The minimum atomic E-state index is -2.46. The highest BCUT2D eigenvalue weighted by Crippen LogP contribution is 2.10. The molecule has 0 aliphatic rings. The van der Waals surface area contributed by atoms with E-state index in [1.165, 1.54) is 0 Å². The molecule has 1 aromatic heterocycles. The van der Waals surface area contributed by atoms with Gasteiger partial charge in [0.15, 0.2) is 0 Å². The molecule has 0 unspecified atom stereocenters. The van der Waals surface area contributed by atoms with Gasteiger partial charge in [0.25, 0.3) is 0 Å². The molecular formula is C7H7F2N3O3. The van der Waals surface area contributed by atoms with E-state index in [2.05, 4.69) is 9.97 Å². The number of ether oxygens (including phenoxy) is 1. The number of aromatic nitrogens is 2. The average molecular weight is 219 g/mol. The molecule has 0 atom stereocenters. The fourth-order valence-electron chi connectivity index (χ4n) is 0.717. The zero-order chi connectivity index (χ0) is 11.3. The van der Waals surface area contributed by atoms with Crippen LogP contribution in [0.25, 0.3) is 0 Å². The first-order chi connectivity index (χ1) is 7.09. The third-order valence-electron chi connectivity index (χ3n) is 1.39. The quantitative estimate of drug-likeness (QED) is 0.552. The highest BCUT2D eigenvalue weighted by atomic mass is 19.3. The summed E-state index contributed by atoms with van der Waals surface area (Å²) in [4.78, 5) is 16.5. The van der Waals surface area contributed by atoms with Crippen LogP contribution in [0.4, 0.5) is 14.5 Å². The lowest BCUT2D eigenvalue weighted by molar-refractivity contribution is -0.385. The summed E-state index contributed by atoms with van der Waals surface area (Å²) < 4.78 is 28.1. The average Bonchev–Trinajstić information content (AvgIpc) is 2.18. The number of hydrogen-bond donors (Lipinski definition) is 0. The van der Waals surface area contributed by atoms with Crippen molar-refractivity contribution < 1.29 is 18.4 Å². The number of hydrogen-bond acceptors (Lipinski definition) is 5. The molecule has 0 radical (unpaired) electrons. The summed E-state index contributed by atoms with van der Waals surface area (Å²) in [5, 5.41) is 10.2. The molecule has 0 aromatic carbocycles. The second kappa shape index (κ2) is 5.13. The molecule has 0 saturated heterocycles. The number of nitrogens with zero attached hydrogens (tertiary/aromatic N) is 3. The predicted octanol–water partition coefficient (Wildman–Crippen LogP) is 1.42. The first kappa shape index (κ1) is 11.2. The minimum absolute atomic E-state index is 0.152. The molecule has 0 spiro atoms. The fourth-order valence-corrected chi connectivity index (χ4v) is 0.717. The Morgan fingerprint density at radius 2 is 2.07 bits per heavy atom. The topological polar surface area (TPSA) is 78.2 Å². The zero-order valence-corrected chi connectivity index (χ0v) is 7.47. The highest BCUT2D eigenvalue weighted by Gasteiger charge is 2.08. The Morgan fingerprint density at radius 3 is 2.53 bits per heavy atom. The van der Waals surface area contributed by atoms with Crippen LogP contribution >= 0.6 is 0 Å². The summed E-state index contributed by atoms with van der Waals surface area (Å²) in [5.41, 5.74) is -0.281. The molecule has 0 fully saturated rings. The van der Waals surface area contributed by atoms with Crippen LogP contribution < -0.4 is 4.74 Å². The summed E-state index contributed by atoms with van der Waals surface area (Å²) in [6, 6.07) is -0.152. The normalized spacial score (nSPS) is 10.3. The van der Waals surface area contributed by atoms with Gasteiger partial charge in [0, 0.05) is 6.42 Å². The number of rotatable bonds is 5. The van der Waals surface area contributed by atoms with Crippen molar-refractivity contribution in [2.24, 2.45) is 0 Å². The maximum absolute atomic E-state index is 11.7. The van der Waals surface area contributed by atoms with E-state index >= 15 is 0 Å². The maximum atomic E-state index is 11.7. The minimum Gasteiger partial charge on any atom is -0.463 e. The number of nitro groups is 1. The van der Waals surface area contributed by atoms with E-state index in [-0.39, 0.29) is 18.3 Å². The molecule has 1 heterocycles. The van der Waals surface area contributed by atoms with Gasteiger partial charge in [-0.25, -0.2) is 8.78 Å². The molecule has 0 amide bonds. The Labute approximate surface area is 83.1 Å². The lowest BCUT2D eigenvalue weighted by atomic mass is 10.5. The van der Waals surface area contributed by atoms with Crippen molar-refractivity contribution in [1.82, 2.24) is 9.97 Å². The van der Waals surface area contributed by atoms with Gasteiger partial charge in [-0.05, 0) is 0 Å². The first-order valence-corrected chi connectivity index (χ1v) is 3.97. The lowest BCUT2D eigenvalue weighted by Crippen LogP contribution is -2.05. The van der Waals surface area contributed by atoms with Gasteiger partial charge in [-0.1, -0.05) is 0 Å². The van der Waals surface area contributed by atoms with Gasteiger partial charge in [0.1, 0.15) is 12.4 Å². The van der Waals surface area contributed by atoms with Crippen molar-refractivity contribution in [3.05, 3.63) is 22.5 Å². The lowest BCUT2D eigenvalue weighted by Gasteiger charge is -2.02. The summed E-state index contributed by atoms with van der Waals surface area (Å²) in [6.45, 7) is -0.227. The summed E-state index contributed by atoms with van der Waals surface area (Å²) in [7, 11) is 0. The number of alkyl halides is 2. The van der Waals surface area contributed by atoms with Crippen LogP contribution in [0.2, 0.25) is 0 Å². The molecule has 0 aliphatic carbocycles. The first-order valence-electron chi connectivity index (χ1n) is 3.97. The van der Waals surface area contributed by atoms with Crippen LogP contribution in [0.1, 0.15) is 6.42 Å². The van der Waals surface area contributed by atoms with Crippen LogP contribution in [0.3, 0.4) is 0 Å². The second-order valence-corrected chi connectivity index (χ2v) is 2.51. The third-order valence-corrected chi connectivity index (χ3v) is 1.39. The van der Waals surface area contributed by atoms with Gasteiger partial charge in [-0.15, -0.1) is 0 Å². The Morgan fingerprint density at radius 1 is 1.47 bits per heavy atom. The van der Waals surface area contributed by atoms with E-state index in [4.69, 9.17) is 4.74 Å². The van der Waals surface area contributed by atoms with E-state index in [1.807, 2.05) is 0 Å². The van der Waals surface area contributed by atoms with Gasteiger partial charge < -0.3 is 4.74 Å². The molecule has 0 N–H and O–H groups in total. The molecule has 1 rings (SSSR count). The largest absolute Gasteiger partial charge is 0.463 e. The van der Waals surface area contributed by atoms with Gasteiger partial charge in [0.2, 0.25) is 6.43 Å². The van der Waals surface area contributed by atoms with Gasteiger partial charge in [-0.3, -0.25) is 10.1 Å². The monoisotopic (exact) mass is 219 g/mol. The number of halogens is 2. The Balaban J connectivity index is 2.46. The van der Waals surface area contributed by atoms with Crippen molar-refractivity contribution in [2.75, 3.05) is 6.61 Å². The molecule has 1 aromatic rings. The Bertz CT molecular complexity index is 331. The molecule has 0 bridgehead atoms. The fraction of sp³-hybridized carbons (Fsp3) is 0.429. The van der Waals surface area contributed by atoms with E-state index < -0.39 is 17.8 Å². The standard InChI is InChI=1S/C7H7F2N3O3/c8-6(9)1-2-15-7-10-3-5(4-11-7)12(13)14/h3-4,6H,1-2H2. The maximum Gasteiger partial charge on any atom is 0.316 e. The summed E-state index contributed by atoms with van der Waals surface area (Å²) >= 11 is 0. The smallest absolute Gasteiger partial charge is 0.316 e. The van der Waals surface area contributed by atoms with Gasteiger partial charge in [0.05, 0.1) is 11.5 Å². The van der Waals surface area contributed by atoms with E-state index in [1.54, 1.807) is 0 Å². The van der Waals surface area contributed by atoms with Crippen LogP contribution in [-0.2, 0) is 0 Å². The molecular weight excluding hydrogens is 212 g/mol. The third kappa shape index (κ3) is 3.79. The molecule has 6 nitrogen and oxygen atoms in total. The van der Waals surface area contributed by atoms with E-state index in [9.17, 15) is 18.9 Å². The van der Waals surface area contributed by atoms with Gasteiger partial charge in [-0.2, -0.15) is 9.97 Å². The van der Waals surface area contributed by atoms with Crippen molar-refractivity contribution >= 4 is 5.69 Å². The summed E-state index contributed by atoms with van der Waals surface area (Å²) in [6.07, 6.45) is -0.987. The molecule has 82 valence electrons. The van der Waals surface area contributed by atoms with E-state index in [0.29, 0.717) is 0 Å². The van der Waals surface area contributed by atoms with Crippen LogP contribution in [0.5, 0.6) is 6.01 Å². The Kier molecular flexibility index (Phi) is 3.83. The van der Waals surface area contributed by atoms with Crippen molar-refractivity contribution in [3.8, 4) is 6.01 Å². The van der Waals surface area contributed by atoms with E-state index in [0.717, 1.165) is 12.4 Å². The van der Waals surface area contributed by atoms with Crippen molar-refractivity contribution in [1.29, 1.82) is 0 Å². The van der Waals surface area contributed by atoms with Crippen molar-refractivity contribution in [2.45, 2.75) is 12.8 Å². The van der Waals surface area contributed by atoms with Crippen LogP contribution in [0, 0.1) is 10.1 Å². The SMILES string of the molecule is O=[N+]([O-])c1cnc(OCCC(F)F)nc1. The van der Waals surface area contributed by atoms with Gasteiger partial charge >= 0.3 is 11.7 Å². The predicted molar refractivity (Wildman–Crippen MR) is 44.8 cm³/mol. The van der Waals surface area contributed by atoms with Crippen molar-refractivity contribution in [3.63, 3.8) is 0 Å². The summed E-state index contributed by atoms with van der Waals surface area (Å²) in [5.74, 6) is 0. The van der Waals surface area contributed by atoms with Crippen LogP contribution in [0.15, 0.2) is 12.4 Å². The molecule has 15 heavy (non-hydrogen) atoms. The molecule has 0 aliphatic heterocycles. The second-order valence-electron chi connectivity index (χ2n) is 2.51. The molecule has 0 saturated carbocycles.